The van der Waals surface area contributed by atoms with Crippen LogP contribution >= 0.6 is 0 Å². The van der Waals surface area contributed by atoms with E-state index in [1.54, 1.807) is 0 Å². The molecule has 0 aromatic heterocycles. The fourth-order valence-electron chi connectivity index (χ4n) is 2.48. The number of rotatable bonds is 5. The van der Waals surface area contributed by atoms with Crippen molar-refractivity contribution < 1.29 is 4.39 Å². The minimum absolute atomic E-state index is 0.632. The molecule has 0 radical (unpaired) electrons. The Morgan fingerprint density at radius 2 is 1.76 bits per heavy atom. The fourth-order valence-corrected chi connectivity index (χ4v) is 2.48. The molecule has 1 unspecified atom stereocenters. The molecule has 0 spiro atoms. The Hall–Kier alpha value is -0.890. The van der Waals surface area contributed by atoms with E-state index in [0.29, 0.717) is 13.0 Å². The second kappa shape index (κ2) is 6.75. The number of likely N-dealkylation sites (tertiary alicyclic amines) is 1. The van der Waals surface area contributed by atoms with E-state index in [4.69, 9.17) is 0 Å². The summed E-state index contributed by atoms with van der Waals surface area (Å²) in [6.07, 6.45) is 4.64. The summed E-state index contributed by atoms with van der Waals surface area (Å²) in [7, 11) is 0. The van der Waals surface area contributed by atoms with Crippen LogP contribution in [0, 0.1) is 0 Å². The van der Waals surface area contributed by atoms with Gasteiger partial charge in [0.25, 0.3) is 0 Å². The van der Waals surface area contributed by atoms with Crippen LogP contribution in [0.3, 0.4) is 0 Å². The van der Waals surface area contributed by atoms with Crippen LogP contribution < -0.4 is 0 Å². The van der Waals surface area contributed by atoms with Crippen molar-refractivity contribution in [2.75, 3.05) is 19.6 Å². The zero-order chi connectivity index (χ0) is 11.9. The molecule has 1 atom stereocenters. The Bertz CT molecular complexity index is 306. The van der Waals surface area contributed by atoms with E-state index >= 15 is 0 Å². The number of hydrogen-bond acceptors (Lipinski definition) is 1. The molecule has 1 aliphatic heterocycles. The van der Waals surface area contributed by atoms with Gasteiger partial charge in [0.1, 0.15) is 6.17 Å². The molecule has 1 saturated heterocycles. The molecular weight excluding hydrogens is 213 g/mol. The lowest BCUT2D eigenvalue weighted by Gasteiger charge is -2.27. The first-order valence-electron chi connectivity index (χ1n) is 6.75. The van der Waals surface area contributed by atoms with Gasteiger partial charge < -0.3 is 4.90 Å². The predicted octanol–water partition coefficient (Wildman–Crippen LogP) is 3.44. The minimum atomic E-state index is -0.673. The second-order valence-corrected chi connectivity index (χ2v) is 4.98. The van der Waals surface area contributed by atoms with Crippen LogP contribution in [-0.4, -0.2) is 30.7 Å². The fraction of sp³-hybridized carbons (Fsp3) is 0.600. The van der Waals surface area contributed by atoms with Crippen molar-refractivity contribution in [2.24, 2.45) is 0 Å². The Kier molecular flexibility index (Phi) is 4.99. The number of piperidine rings is 1. The predicted molar refractivity (Wildman–Crippen MR) is 70.0 cm³/mol. The smallest absolute Gasteiger partial charge is 0.113 e. The van der Waals surface area contributed by atoms with Crippen LogP contribution in [0.25, 0.3) is 0 Å². The molecule has 0 bridgehead atoms. The minimum Gasteiger partial charge on any atom is -0.300 e. The maximum absolute atomic E-state index is 13.8. The average molecular weight is 235 g/mol. The van der Waals surface area contributed by atoms with E-state index in [2.05, 4.69) is 17.0 Å². The largest absolute Gasteiger partial charge is 0.300 e. The Morgan fingerprint density at radius 1 is 1.06 bits per heavy atom. The monoisotopic (exact) mass is 235 g/mol. The van der Waals surface area contributed by atoms with Gasteiger partial charge >= 0.3 is 0 Å². The summed E-state index contributed by atoms with van der Waals surface area (Å²) in [5.41, 5.74) is 1.24. The van der Waals surface area contributed by atoms with Gasteiger partial charge in [-0.1, -0.05) is 36.8 Å². The lowest BCUT2D eigenvalue weighted by molar-refractivity contribution is 0.161. The molecule has 0 saturated carbocycles. The molecular formula is C15H22FN. The summed E-state index contributed by atoms with van der Waals surface area (Å²) < 4.78 is 13.8. The standard InChI is InChI=1S/C15H22FN/c16-15(13-17-11-5-2-6-12-17)10-9-14-7-3-1-4-8-14/h1,3-4,7-8,15H,2,5-6,9-13H2. The van der Waals surface area contributed by atoms with Gasteiger partial charge in [-0.05, 0) is 44.3 Å². The number of aryl methyl sites for hydroxylation is 1. The topological polar surface area (TPSA) is 3.24 Å². The first-order valence-corrected chi connectivity index (χ1v) is 6.75. The van der Waals surface area contributed by atoms with Crippen molar-refractivity contribution in [3.8, 4) is 0 Å². The van der Waals surface area contributed by atoms with Crippen molar-refractivity contribution in [3.05, 3.63) is 35.9 Å². The highest BCUT2D eigenvalue weighted by Gasteiger charge is 2.15. The van der Waals surface area contributed by atoms with Crippen LogP contribution in [0.1, 0.15) is 31.2 Å². The highest BCUT2D eigenvalue weighted by Crippen LogP contribution is 2.13. The molecule has 1 aromatic carbocycles. The summed E-state index contributed by atoms with van der Waals surface area (Å²) in [5.74, 6) is 0. The molecule has 2 rings (SSSR count). The molecule has 94 valence electrons. The second-order valence-electron chi connectivity index (χ2n) is 4.98. The molecule has 0 N–H and O–H groups in total. The van der Waals surface area contributed by atoms with Crippen LogP contribution in [0.2, 0.25) is 0 Å². The van der Waals surface area contributed by atoms with E-state index in [1.165, 1.54) is 24.8 Å². The van der Waals surface area contributed by atoms with E-state index in [9.17, 15) is 4.39 Å². The summed E-state index contributed by atoms with van der Waals surface area (Å²) in [5, 5.41) is 0. The van der Waals surface area contributed by atoms with Gasteiger partial charge in [-0.2, -0.15) is 0 Å². The highest BCUT2D eigenvalue weighted by atomic mass is 19.1. The lowest BCUT2D eigenvalue weighted by atomic mass is 10.1. The summed E-state index contributed by atoms with van der Waals surface area (Å²) in [6.45, 7) is 2.81. The third-order valence-electron chi connectivity index (χ3n) is 3.49. The van der Waals surface area contributed by atoms with Gasteiger partial charge in [0, 0.05) is 6.54 Å². The zero-order valence-corrected chi connectivity index (χ0v) is 10.4. The first kappa shape index (κ1) is 12.6. The Balaban J connectivity index is 1.68. The summed E-state index contributed by atoms with van der Waals surface area (Å²) in [4.78, 5) is 2.28. The van der Waals surface area contributed by atoms with Crippen LogP contribution in [-0.2, 0) is 6.42 Å². The van der Waals surface area contributed by atoms with Gasteiger partial charge in [0.05, 0.1) is 0 Å². The van der Waals surface area contributed by atoms with Crippen molar-refractivity contribution in [1.82, 2.24) is 4.90 Å². The summed E-state index contributed by atoms with van der Waals surface area (Å²) in [6, 6.07) is 10.2. The van der Waals surface area contributed by atoms with Crippen molar-refractivity contribution >= 4 is 0 Å². The Morgan fingerprint density at radius 3 is 2.47 bits per heavy atom. The highest BCUT2D eigenvalue weighted by molar-refractivity contribution is 5.14. The van der Waals surface area contributed by atoms with Crippen LogP contribution in [0.15, 0.2) is 30.3 Å². The lowest BCUT2D eigenvalue weighted by Crippen LogP contribution is -2.35. The van der Waals surface area contributed by atoms with E-state index in [-0.39, 0.29) is 0 Å². The van der Waals surface area contributed by atoms with Crippen LogP contribution in [0.5, 0.6) is 0 Å². The molecule has 0 amide bonds. The SMILES string of the molecule is FC(CCc1ccccc1)CN1CCCCC1. The van der Waals surface area contributed by atoms with E-state index < -0.39 is 6.17 Å². The first-order chi connectivity index (χ1) is 8.34. The normalized spacial score (nSPS) is 19.1. The van der Waals surface area contributed by atoms with Crippen molar-refractivity contribution in [1.29, 1.82) is 0 Å². The summed E-state index contributed by atoms with van der Waals surface area (Å²) >= 11 is 0. The number of halogens is 1. The van der Waals surface area contributed by atoms with Crippen molar-refractivity contribution in [3.63, 3.8) is 0 Å². The van der Waals surface area contributed by atoms with Crippen molar-refractivity contribution in [2.45, 2.75) is 38.3 Å². The maximum atomic E-state index is 13.8. The molecule has 1 aliphatic rings. The van der Waals surface area contributed by atoms with Gasteiger partial charge in [-0.15, -0.1) is 0 Å². The molecule has 2 heteroatoms. The number of hydrogen-bond donors (Lipinski definition) is 0. The zero-order valence-electron chi connectivity index (χ0n) is 10.4. The quantitative estimate of drug-likeness (QED) is 0.755. The van der Waals surface area contributed by atoms with E-state index in [1.807, 2.05) is 18.2 Å². The third kappa shape index (κ3) is 4.47. The van der Waals surface area contributed by atoms with Gasteiger partial charge in [0.15, 0.2) is 0 Å². The molecule has 1 heterocycles. The average Bonchev–Trinajstić information content (AvgIpc) is 2.39. The maximum Gasteiger partial charge on any atom is 0.113 e. The molecule has 17 heavy (non-hydrogen) atoms. The molecule has 1 aromatic rings. The number of alkyl halides is 1. The molecule has 1 nitrogen and oxygen atoms in total. The van der Waals surface area contributed by atoms with E-state index in [0.717, 1.165) is 19.5 Å². The number of benzene rings is 1. The van der Waals surface area contributed by atoms with Crippen LogP contribution in [0.4, 0.5) is 4.39 Å². The molecule has 1 fully saturated rings. The van der Waals surface area contributed by atoms with Gasteiger partial charge in [-0.25, -0.2) is 4.39 Å². The third-order valence-corrected chi connectivity index (χ3v) is 3.49. The van der Waals surface area contributed by atoms with Gasteiger partial charge in [-0.3, -0.25) is 0 Å². The number of nitrogens with zero attached hydrogens (tertiary/aromatic N) is 1. The molecule has 0 aliphatic carbocycles. The Labute approximate surface area is 104 Å². The van der Waals surface area contributed by atoms with Gasteiger partial charge in [0.2, 0.25) is 0 Å².